The Labute approximate surface area is 154 Å². The van der Waals surface area contributed by atoms with Crippen LogP contribution in [0.25, 0.3) is 10.9 Å². The standard InChI is InChI=1S/C21H27N3O2/c1-15-7-12-24(13-8-15)20(26)21(9-10-21)19(25)22-11-6-16-14-23-18-5-3-2-4-17(16)18/h2-5,14-15,23H,6-13H2,1H3,(H,22,25). The molecule has 2 aromatic rings. The number of nitrogens with one attached hydrogen (secondary N) is 2. The summed E-state index contributed by atoms with van der Waals surface area (Å²) in [7, 11) is 0. The molecule has 26 heavy (non-hydrogen) atoms. The van der Waals surface area contributed by atoms with Crippen LogP contribution in [0.2, 0.25) is 0 Å². The molecule has 1 aliphatic heterocycles. The van der Waals surface area contributed by atoms with Crippen molar-refractivity contribution in [3.05, 3.63) is 36.0 Å². The maximum absolute atomic E-state index is 12.9. The summed E-state index contributed by atoms with van der Waals surface area (Å²) < 4.78 is 0. The first-order chi connectivity index (χ1) is 12.6. The number of likely N-dealkylation sites (tertiary alicyclic amines) is 1. The summed E-state index contributed by atoms with van der Waals surface area (Å²) in [5.41, 5.74) is 1.53. The summed E-state index contributed by atoms with van der Waals surface area (Å²) in [6.07, 6.45) is 6.24. The number of carbonyl (C=O) groups excluding carboxylic acids is 2. The quantitative estimate of drug-likeness (QED) is 0.812. The summed E-state index contributed by atoms with van der Waals surface area (Å²) in [6, 6.07) is 8.17. The van der Waals surface area contributed by atoms with E-state index in [2.05, 4.69) is 29.4 Å². The fourth-order valence-electron chi connectivity index (χ4n) is 4.00. The number of hydrogen-bond acceptors (Lipinski definition) is 2. The smallest absolute Gasteiger partial charge is 0.238 e. The number of nitrogens with zero attached hydrogens (tertiary/aromatic N) is 1. The molecule has 2 heterocycles. The molecule has 1 aliphatic carbocycles. The number of para-hydroxylation sites is 1. The molecule has 5 nitrogen and oxygen atoms in total. The second-order valence-electron chi connectivity index (χ2n) is 7.92. The Morgan fingerprint density at radius 2 is 1.96 bits per heavy atom. The zero-order chi connectivity index (χ0) is 18.1. The fourth-order valence-corrected chi connectivity index (χ4v) is 4.00. The third kappa shape index (κ3) is 3.11. The van der Waals surface area contributed by atoms with E-state index in [1.54, 1.807) is 0 Å². The summed E-state index contributed by atoms with van der Waals surface area (Å²) in [6.45, 7) is 4.38. The van der Waals surface area contributed by atoms with Crippen LogP contribution in [0, 0.1) is 11.3 Å². The van der Waals surface area contributed by atoms with Gasteiger partial charge in [0.1, 0.15) is 5.41 Å². The van der Waals surface area contributed by atoms with Gasteiger partial charge in [0.15, 0.2) is 0 Å². The van der Waals surface area contributed by atoms with E-state index in [1.165, 1.54) is 10.9 Å². The van der Waals surface area contributed by atoms with E-state index in [9.17, 15) is 9.59 Å². The third-order valence-corrected chi connectivity index (χ3v) is 6.02. The first-order valence-corrected chi connectivity index (χ1v) is 9.73. The minimum atomic E-state index is -0.777. The Kier molecular flexibility index (Phi) is 4.47. The van der Waals surface area contributed by atoms with Crippen molar-refractivity contribution in [1.29, 1.82) is 0 Å². The van der Waals surface area contributed by atoms with Gasteiger partial charge >= 0.3 is 0 Å². The zero-order valence-electron chi connectivity index (χ0n) is 15.4. The van der Waals surface area contributed by atoms with Crippen LogP contribution in [0.3, 0.4) is 0 Å². The van der Waals surface area contributed by atoms with E-state index in [0.29, 0.717) is 25.3 Å². The number of fused-ring (bicyclic) bond motifs is 1. The number of amides is 2. The average molecular weight is 353 g/mol. The Morgan fingerprint density at radius 3 is 2.69 bits per heavy atom. The summed E-state index contributed by atoms with van der Waals surface area (Å²) in [5, 5.41) is 4.21. The number of benzene rings is 1. The van der Waals surface area contributed by atoms with Crippen molar-refractivity contribution in [3.8, 4) is 0 Å². The van der Waals surface area contributed by atoms with Crippen LogP contribution in [0.1, 0.15) is 38.2 Å². The molecule has 0 bridgehead atoms. The SMILES string of the molecule is CC1CCN(C(=O)C2(C(=O)NCCc3c[nH]c4ccccc34)CC2)CC1. The van der Waals surface area contributed by atoms with Gasteiger partial charge in [-0.1, -0.05) is 25.1 Å². The molecule has 1 aromatic carbocycles. The molecule has 0 radical (unpaired) electrons. The van der Waals surface area contributed by atoms with E-state index in [4.69, 9.17) is 0 Å². The van der Waals surface area contributed by atoms with E-state index >= 15 is 0 Å². The average Bonchev–Trinajstić information content (AvgIpc) is 3.38. The van der Waals surface area contributed by atoms with E-state index in [1.807, 2.05) is 23.2 Å². The lowest BCUT2D eigenvalue weighted by Crippen LogP contribution is -2.48. The summed E-state index contributed by atoms with van der Waals surface area (Å²) >= 11 is 0. The minimum absolute atomic E-state index is 0.0500. The third-order valence-electron chi connectivity index (χ3n) is 6.02. The number of hydrogen-bond donors (Lipinski definition) is 2. The lowest BCUT2D eigenvalue weighted by atomic mass is 9.96. The maximum atomic E-state index is 12.9. The molecule has 2 fully saturated rings. The van der Waals surface area contributed by atoms with Crippen LogP contribution in [0.5, 0.6) is 0 Å². The van der Waals surface area contributed by atoms with Gasteiger partial charge < -0.3 is 15.2 Å². The Morgan fingerprint density at radius 1 is 1.23 bits per heavy atom. The van der Waals surface area contributed by atoms with Gasteiger partial charge in [0, 0.05) is 36.7 Å². The molecule has 0 spiro atoms. The fraction of sp³-hybridized carbons (Fsp3) is 0.524. The first-order valence-electron chi connectivity index (χ1n) is 9.73. The van der Waals surface area contributed by atoms with Crippen LogP contribution >= 0.6 is 0 Å². The monoisotopic (exact) mass is 353 g/mol. The number of aromatic amines is 1. The Bertz CT molecular complexity index is 814. The highest BCUT2D eigenvalue weighted by atomic mass is 16.2. The number of rotatable bonds is 5. The van der Waals surface area contributed by atoms with Gasteiger partial charge in [-0.3, -0.25) is 9.59 Å². The Hall–Kier alpha value is -2.30. The topological polar surface area (TPSA) is 65.2 Å². The lowest BCUT2D eigenvalue weighted by Gasteiger charge is -2.32. The number of aromatic nitrogens is 1. The second-order valence-corrected chi connectivity index (χ2v) is 7.92. The molecule has 1 saturated carbocycles. The normalized spacial score (nSPS) is 19.5. The molecule has 2 aliphatic rings. The molecular formula is C21H27N3O2. The lowest BCUT2D eigenvalue weighted by molar-refractivity contribution is -0.145. The molecule has 4 rings (SSSR count). The van der Waals surface area contributed by atoms with Crippen molar-refractivity contribution >= 4 is 22.7 Å². The van der Waals surface area contributed by atoms with Gasteiger partial charge in [-0.05, 0) is 49.7 Å². The number of H-pyrrole nitrogens is 1. The van der Waals surface area contributed by atoms with Crippen molar-refractivity contribution in [2.75, 3.05) is 19.6 Å². The van der Waals surface area contributed by atoms with Crippen LogP contribution in [-0.2, 0) is 16.0 Å². The molecule has 0 unspecified atom stereocenters. The predicted molar refractivity (Wildman–Crippen MR) is 102 cm³/mol. The molecule has 1 aromatic heterocycles. The van der Waals surface area contributed by atoms with Crippen LogP contribution in [0.4, 0.5) is 0 Å². The van der Waals surface area contributed by atoms with Crippen molar-refractivity contribution in [3.63, 3.8) is 0 Å². The van der Waals surface area contributed by atoms with Crippen molar-refractivity contribution in [1.82, 2.24) is 15.2 Å². The van der Waals surface area contributed by atoms with Gasteiger partial charge in [-0.15, -0.1) is 0 Å². The summed E-state index contributed by atoms with van der Waals surface area (Å²) in [5.74, 6) is 0.647. The zero-order valence-corrected chi connectivity index (χ0v) is 15.4. The largest absolute Gasteiger partial charge is 0.361 e. The van der Waals surface area contributed by atoms with E-state index < -0.39 is 5.41 Å². The second kappa shape index (κ2) is 6.78. The van der Waals surface area contributed by atoms with Crippen LogP contribution in [0.15, 0.2) is 30.5 Å². The van der Waals surface area contributed by atoms with E-state index in [0.717, 1.165) is 37.9 Å². The molecule has 5 heteroatoms. The molecular weight excluding hydrogens is 326 g/mol. The first kappa shape index (κ1) is 17.1. The molecule has 0 atom stereocenters. The van der Waals surface area contributed by atoms with Crippen LogP contribution in [-0.4, -0.2) is 41.3 Å². The van der Waals surface area contributed by atoms with Gasteiger partial charge in [-0.2, -0.15) is 0 Å². The van der Waals surface area contributed by atoms with Gasteiger partial charge in [0.25, 0.3) is 0 Å². The van der Waals surface area contributed by atoms with Crippen molar-refractivity contribution < 1.29 is 9.59 Å². The molecule has 2 N–H and O–H groups in total. The highest BCUT2D eigenvalue weighted by Gasteiger charge is 2.57. The van der Waals surface area contributed by atoms with Gasteiger partial charge in [-0.25, -0.2) is 0 Å². The predicted octanol–water partition coefficient (Wildman–Crippen LogP) is 2.87. The van der Waals surface area contributed by atoms with Gasteiger partial charge in [0.2, 0.25) is 11.8 Å². The minimum Gasteiger partial charge on any atom is -0.361 e. The molecule has 2 amide bonds. The van der Waals surface area contributed by atoms with Crippen molar-refractivity contribution in [2.45, 2.75) is 39.0 Å². The number of piperidine rings is 1. The molecule has 1 saturated heterocycles. The Balaban J connectivity index is 1.33. The highest BCUT2D eigenvalue weighted by molar-refractivity contribution is 6.07. The summed E-state index contributed by atoms with van der Waals surface area (Å²) in [4.78, 5) is 30.7. The number of carbonyl (C=O) groups is 2. The maximum Gasteiger partial charge on any atom is 0.238 e. The van der Waals surface area contributed by atoms with Crippen LogP contribution < -0.4 is 5.32 Å². The van der Waals surface area contributed by atoms with Gasteiger partial charge in [0.05, 0.1) is 0 Å². The highest BCUT2D eigenvalue weighted by Crippen LogP contribution is 2.48. The molecule has 138 valence electrons. The van der Waals surface area contributed by atoms with Crippen molar-refractivity contribution in [2.24, 2.45) is 11.3 Å². The van der Waals surface area contributed by atoms with E-state index in [-0.39, 0.29) is 11.8 Å².